The lowest BCUT2D eigenvalue weighted by Crippen LogP contribution is -2.59. The summed E-state index contributed by atoms with van der Waals surface area (Å²) in [5.41, 5.74) is 0.0838. The summed E-state index contributed by atoms with van der Waals surface area (Å²) in [5.74, 6) is -0.878. The summed E-state index contributed by atoms with van der Waals surface area (Å²) < 4.78 is 11.1. The van der Waals surface area contributed by atoms with E-state index in [0.29, 0.717) is 37.4 Å². The van der Waals surface area contributed by atoms with Gasteiger partial charge >= 0.3 is 12.1 Å². The molecule has 8 heteroatoms. The number of carboxylic acid groups (broad SMARTS) is 1. The van der Waals surface area contributed by atoms with E-state index in [1.54, 1.807) is 11.0 Å². The molecule has 1 aromatic rings. The lowest BCUT2D eigenvalue weighted by molar-refractivity contribution is 0.0194. The number of anilines is 1. The van der Waals surface area contributed by atoms with Crippen molar-refractivity contribution >= 4 is 24.0 Å². The smallest absolute Gasteiger partial charge is 0.410 e. The second kappa shape index (κ2) is 6.51. The number of aromatic carboxylic acids is 1. The molecule has 1 amide bonds. The van der Waals surface area contributed by atoms with Crippen LogP contribution in [0.2, 0.25) is 0 Å². The van der Waals surface area contributed by atoms with Crippen molar-refractivity contribution in [3.63, 3.8) is 0 Å². The highest BCUT2D eigenvalue weighted by Crippen LogP contribution is 2.39. The summed E-state index contributed by atoms with van der Waals surface area (Å²) >= 11 is 0. The molecule has 1 saturated heterocycles. The first-order valence-corrected chi connectivity index (χ1v) is 8.44. The van der Waals surface area contributed by atoms with Crippen LogP contribution < -0.4 is 9.64 Å². The molecule has 1 fully saturated rings. The van der Waals surface area contributed by atoms with E-state index in [4.69, 9.17) is 9.47 Å². The van der Waals surface area contributed by atoms with E-state index in [0.717, 1.165) is 0 Å². The number of benzene rings is 1. The van der Waals surface area contributed by atoms with Gasteiger partial charge in [0.2, 0.25) is 0 Å². The van der Waals surface area contributed by atoms with Crippen LogP contribution >= 0.6 is 0 Å². The van der Waals surface area contributed by atoms with Crippen molar-refractivity contribution in [2.24, 2.45) is 0 Å². The Bertz CT molecular complexity index is 755. The third-order valence-electron chi connectivity index (χ3n) is 4.39. The SMILES string of the molecule is CC(C)(C)OC(=O)N1CCN2c3ccc(C(=O)O)c(C=O)c3OC[C@H]2C1. The first-order valence-electron chi connectivity index (χ1n) is 8.44. The number of rotatable bonds is 2. The molecule has 1 N–H and O–H groups in total. The van der Waals surface area contributed by atoms with Crippen molar-refractivity contribution in [2.45, 2.75) is 32.4 Å². The molecule has 2 aliphatic heterocycles. The number of nitrogens with zero attached hydrogens (tertiary/aromatic N) is 2. The number of piperazine rings is 1. The number of carbonyl (C=O) groups is 3. The minimum atomic E-state index is -1.17. The molecule has 0 spiro atoms. The minimum absolute atomic E-state index is 0.0445. The zero-order valence-corrected chi connectivity index (χ0v) is 15.0. The van der Waals surface area contributed by atoms with Gasteiger partial charge < -0.3 is 24.4 Å². The van der Waals surface area contributed by atoms with Crippen LogP contribution in [0, 0.1) is 0 Å². The maximum Gasteiger partial charge on any atom is 0.410 e. The van der Waals surface area contributed by atoms with Crippen LogP contribution in [-0.2, 0) is 4.74 Å². The number of hydrogen-bond acceptors (Lipinski definition) is 6. The summed E-state index contributed by atoms with van der Waals surface area (Å²) in [4.78, 5) is 38.7. The molecule has 8 nitrogen and oxygen atoms in total. The molecule has 0 aromatic heterocycles. The second-order valence-electron chi connectivity index (χ2n) is 7.38. The monoisotopic (exact) mass is 362 g/mol. The highest BCUT2D eigenvalue weighted by Gasteiger charge is 2.37. The predicted molar refractivity (Wildman–Crippen MR) is 93.2 cm³/mol. The Morgan fingerprint density at radius 3 is 2.65 bits per heavy atom. The second-order valence-corrected chi connectivity index (χ2v) is 7.38. The molecular formula is C18H22N2O6. The first kappa shape index (κ1) is 18.0. The normalized spacial score (nSPS) is 19.1. The van der Waals surface area contributed by atoms with E-state index in [1.165, 1.54) is 6.07 Å². The summed E-state index contributed by atoms with van der Waals surface area (Å²) in [5, 5.41) is 9.23. The van der Waals surface area contributed by atoms with Gasteiger partial charge in [-0.3, -0.25) is 4.79 Å². The van der Waals surface area contributed by atoms with Crippen LogP contribution in [0.15, 0.2) is 12.1 Å². The Kier molecular flexibility index (Phi) is 4.52. The van der Waals surface area contributed by atoms with Gasteiger partial charge in [-0.1, -0.05) is 0 Å². The van der Waals surface area contributed by atoms with Crippen LogP contribution in [0.4, 0.5) is 10.5 Å². The van der Waals surface area contributed by atoms with Gasteiger partial charge in [-0.15, -0.1) is 0 Å². The van der Waals surface area contributed by atoms with Crippen LogP contribution in [0.25, 0.3) is 0 Å². The fourth-order valence-corrected chi connectivity index (χ4v) is 3.26. The molecule has 2 aliphatic rings. The maximum absolute atomic E-state index is 12.3. The summed E-state index contributed by atoms with van der Waals surface area (Å²) in [7, 11) is 0. The highest BCUT2D eigenvalue weighted by atomic mass is 16.6. The number of amides is 1. The van der Waals surface area contributed by atoms with Gasteiger partial charge in [0.25, 0.3) is 0 Å². The van der Waals surface area contributed by atoms with Gasteiger partial charge in [-0.2, -0.15) is 0 Å². The van der Waals surface area contributed by atoms with E-state index in [9.17, 15) is 19.5 Å². The number of hydrogen-bond donors (Lipinski definition) is 1. The Hall–Kier alpha value is -2.77. The zero-order valence-electron chi connectivity index (χ0n) is 15.0. The predicted octanol–water partition coefficient (Wildman–Crippen LogP) is 2.02. The van der Waals surface area contributed by atoms with E-state index in [-0.39, 0.29) is 29.9 Å². The first-order chi connectivity index (χ1) is 12.2. The van der Waals surface area contributed by atoms with Crippen molar-refractivity contribution in [3.05, 3.63) is 23.3 Å². The molecule has 2 heterocycles. The summed E-state index contributed by atoms with van der Waals surface area (Å²) in [6, 6.07) is 2.98. The molecule has 0 saturated carbocycles. The van der Waals surface area contributed by atoms with Gasteiger partial charge in [0.1, 0.15) is 12.2 Å². The lowest BCUT2D eigenvalue weighted by atomic mass is 10.0. The molecular weight excluding hydrogens is 340 g/mol. The molecule has 1 atom stereocenters. The number of aldehydes is 1. The fraction of sp³-hybridized carbons (Fsp3) is 0.500. The van der Waals surface area contributed by atoms with E-state index >= 15 is 0 Å². The van der Waals surface area contributed by atoms with E-state index in [1.807, 2.05) is 20.8 Å². The number of ether oxygens (including phenoxy) is 2. The molecule has 140 valence electrons. The number of carboxylic acids is 1. The van der Waals surface area contributed by atoms with Crippen molar-refractivity contribution < 1.29 is 29.0 Å². The van der Waals surface area contributed by atoms with E-state index < -0.39 is 11.6 Å². The Labute approximate surface area is 151 Å². The minimum Gasteiger partial charge on any atom is -0.488 e. The largest absolute Gasteiger partial charge is 0.488 e. The zero-order chi connectivity index (χ0) is 19.1. The van der Waals surface area contributed by atoms with Gasteiger partial charge in [-0.25, -0.2) is 9.59 Å². The third kappa shape index (κ3) is 3.31. The standard InChI is InChI=1S/C18H22N2O6/c1-18(2,3)26-17(24)19-6-7-20-11(8-19)10-25-15-13(9-21)12(16(22)23)4-5-14(15)20/h4-5,9,11H,6-8,10H2,1-3H3,(H,22,23)/t11-/m1/s1. The average Bonchev–Trinajstić information content (AvgIpc) is 2.58. The van der Waals surface area contributed by atoms with Crippen molar-refractivity contribution in [1.82, 2.24) is 4.90 Å². The van der Waals surface area contributed by atoms with E-state index in [2.05, 4.69) is 4.90 Å². The van der Waals surface area contributed by atoms with Crippen LogP contribution in [0.5, 0.6) is 5.75 Å². The maximum atomic E-state index is 12.3. The molecule has 26 heavy (non-hydrogen) atoms. The number of fused-ring (bicyclic) bond motifs is 3. The van der Waals surface area contributed by atoms with Gasteiger partial charge in [0.15, 0.2) is 12.0 Å². The van der Waals surface area contributed by atoms with Gasteiger partial charge in [0, 0.05) is 19.6 Å². The van der Waals surface area contributed by atoms with Gasteiger partial charge in [0.05, 0.1) is 22.9 Å². The molecule has 0 bridgehead atoms. The molecule has 1 aromatic carbocycles. The molecule has 0 aliphatic carbocycles. The van der Waals surface area contributed by atoms with Crippen molar-refractivity contribution in [3.8, 4) is 5.75 Å². The average molecular weight is 362 g/mol. The Morgan fingerprint density at radius 2 is 2.04 bits per heavy atom. The Balaban J connectivity index is 1.82. The van der Waals surface area contributed by atoms with Crippen molar-refractivity contribution in [1.29, 1.82) is 0 Å². The Morgan fingerprint density at radius 1 is 1.31 bits per heavy atom. The van der Waals surface area contributed by atoms with Crippen LogP contribution in [-0.4, -0.2) is 66.2 Å². The summed E-state index contributed by atoms with van der Waals surface area (Å²) in [6.07, 6.45) is 0.150. The topological polar surface area (TPSA) is 96.4 Å². The number of carbonyl (C=O) groups excluding carboxylic acids is 2. The fourth-order valence-electron chi connectivity index (χ4n) is 3.26. The lowest BCUT2D eigenvalue weighted by Gasteiger charge is -2.45. The van der Waals surface area contributed by atoms with Crippen molar-refractivity contribution in [2.75, 3.05) is 31.1 Å². The van der Waals surface area contributed by atoms with Gasteiger partial charge in [-0.05, 0) is 32.9 Å². The third-order valence-corrected chi connectivity index (χ3v) is 4.39. The quantitative estimate of drug-likeness (QED) is 0.804. The van der Waals surface area contributed by atoms with Crippen LogP contribution in [0.3, 0.4) is 0 Å². The van der Waals surface area contributed by atoms with Crippen LogP contribution in [0.1, 0.15) is 41.5 Å². The summed E-state index contributed by atoms with van der Waals surface area (Å²) in [6.45, 7) is 7.18. The molecule has 3 rings (SSSR count). The highest BCUT2D eigenvalue weighted by molar-refractivity contribution is 6.01. The molecule has 0 unspecified atom stereocenters. The molecule has 0 radical (unpaired) electrons.